The largest absolute Gasteiger partial charge is 0.573 e. The van der Waals surface area contributed by atoms with Gasteiger partial charge >= 0.3 is 18.9 Å². The van der Waals surface area contributed by atoms with Crippen LogP contribution in [-0.2, 0) is 16.0 Å². The third kappa shape index (κ3) is 5.84. The lowest BCUT2D eigenvalue weighted by molar-refractivity contribution is -0.275. The number of esters is 1. The van der Waals surface area contributed by atoms with E-state index in [0.29, 0.717) is 0 Å². The van der Waals surface area contributed by atoms with Crippen molar-refractivity contribution in [1.82, 2.24) is 0 Å². The molecule has 0 spiro atoms. The molecular weight excluding hydrogens is 303 g/mol. The van der Waals surface area contributed by atoms with Crippen LogP contribution in [0.15, 0.2) is 18.2 Å². The van der Waals surface area contributed by atoms with E-state index in [1.807, 2.05) is 0 Å². The number of benzene rings is 1. The highest BCUT2D eigenvalue weighted by Gasteiger charge is 2.34. The van der Waals surface area contributed by atoms with E-state index in [9.17, 15) is 26.7 Å². The summed E-state index contributed by atoms with van der Waals surface area (Å²) in [6.45, 7) is -1.79. The Bertz CT molecular complexity index is 487. The van der Waals surface area contributed by atoms with Gasteiger partial charge in [0.1, 0.15) is 0 Å². The minimum absolute atomic E-state index is 0.0293. The van der Waals surface area contributed by atoms with Crippen LogP contribution in [0.3, 0.4) is 0 Å². The lowest BCUT2D eigenvalue weighted by Gasteiger charge is -2.16. The molecule has 0 unspecified atom stereocenters. The molecule has 0 radical (unpaired) electrons. The molecule has 0 saturated carbocycles. The number of hydrogen-bond acceptors (Lipinski definition) is 4. The molecule has 0 bridgehead atoms. The summed E-state index contributed by atoms with van der Waals surface area (Å²) in [5, 5.41) is 0. The number of rotatable bonds is 6. The fraction of sp³-hybridized carbons (Fsp3) is 0.417. The van der Waals surface area contributed by atoms with Gasteiger partial charge in [0.15, 0.2) is 11.5 Å². The molecule has 118 valence electrons. The molecule has 0 atom stereocenters. The Labute approximate surface area is 116 Å². The van der Waals surface area contributed by atoms with Crippen molar-refractivity contribution in [3.05, 3.63) is 23.8 Å². The zero-order valence-electron chi connectivity index (χ0n) is 10.7. The molecule has 1 aromatic rings. The van der Waals surface area contributed by atoms with E-state index in [1.54, 1.807) is 0 Å². The molecule has 0 aliphatic carbocycles. The van der Waals surface area contributed by atoms with Crippen LogP contribution in [0, 0.1) is 0 Å². The van der Waals surface area contributed by atoms with Crippen molar-refractivity contribution in [2.75, 3.05) is 6.61 Å². The standard InChI is InChI=1S/C12H11F5O4/c1-2-19-9(18)6-7-4-3-5-8(20-11(13)14)10(7)21-12(15,16)17/h3-5,11H,2,6H2,1H3. The smallest absolute Gasteiger partial charge is 0.466 e. The third-order valence-corrected chi connectivity index (χ3v) is 2.13. The van der Waals surface area contributed by atoms with Gasteiger partial charge in [0.2, 0.25) is 0 Å². The molecule has 21 heavy (non-hydrogen) atoms. The Balaban J connectivity index is 3.12. The van der Waals surface area contributed by atoms with Gasteiger partial charge in [-0.1, -0.05) is 12.1 Å². The number of hydrogen-bond donors (Lipinski definition) is 0. The minimum Gasteiger partial charge on any atom is -0.466 e. The lowest BCUT2D eigenvalue weighted by Crippen LogP contribution is -2.20. The molecule has 0 aliphatic heterocycles. The summed E-state index contributed by atoms with van der Waals surface area (Å²) in [5.74, 6) is -2.62. The summed E-state index contributed by atoms with van der Waals surface area (Å²) in [6, 6.07) is 3.16. The molecular formula is C12H11F5O4. The zero-order chi connectivity index (χ0) is 16.0. The SMILES string of the molecule is CCOC(=O)Cc1cccc(OC(F)F)c1OC(F)(F)F. The normalized spacial score (nSPS) is 11.4. The van der Waals surface area contributed by atoms with Crippen LogP contribution in [0.25, 0.3) is 0 Å². The second kappa shape index (κ2) is 7.09. The summed E-state index contributed by atoms with van der Waals surface area (Å²) in [4.78, 5) is 11.3. The highest BCUT2D eigenvalue weighted by molar-refractivity contribution is 5.74. The Morgan fingerprint density at radius 2 is 1.95 bits per heavy atom. The van der Waals surface area contributed by atoms with E-state index in [-0.39, 0.29) is 12.2 Å². The first kappa shape index (κ1) is 17.0. The molecule has 9 heteroatoms. The predicted octanol–water partition coefficient (Wildman–Crippen LogP) is 3.29. The number of carbonyl (C=O) groups excluding carboxylic acids is 1. The van der Waals surface area contributed by atoms with Gasteiger partial charge in [-0.05, 0) is 13.0 Å². The lowest BCUT2D eigenvalue weighted by atomic mass is 10.1. The van der Waals surface area contributed by atoms with E-state index in [0.717, 1.165) is 18.2 Å². The molecule has 0 amide bonds. The summed E-state index contributed by atoms with van der Waals surface area (Å²) in [5.41, 5.74) is -0.274. The fourth-order valence-corrected chi connectivity index (χ4v) is 1.49. The molecule has 0 aliphatic rings. The highest BCUT2D eigenvalue weighted by Crippen LogP contribution is 2.36. The molecule has 0 heterocycles. The molecule has 1 rings (SSSR count). The maximum atomic E-state index is 12.3. The Morgan fingerprint density at radius 1 is 1.29 bits per heavy atom. The quantitative estimate of drug-likeness (QED) is 0.597. The van der Waals surface area contributed by atoms with E-state index in [1.165, 1.54) is 6.92 Å². The minimum atomic E-state index is -5.12. The van der Waals surface area contributed by atoms with Gasteiger partial charge in [-0.15, -0.1) is 13.2 Å². The van der Waals surface area contributed by atoms with Crippen LogP contribution < -0.4 is 9.47 Å². The van der Waals surface area contributed by atoms with Crippen LogP contribution in [0.2, 0.25) is 0 Å². The highest BCUT2D eigenvalue weighted by atomic mass is 19.4. The van der Waals surface area contributed by atoms with Crippen molar-refractivity contribution in [3.8, 4) is 11.5 Å². The average molecular weight is 314 g/mol. The Morgan fingerprint density at radius 3 is 2.48 bits per heavy atom. The van der Waals surface area contributed by atoms with E-state index in [4.69, 9.17) is 0 Å². The van der Waals surface area contributed by atoms with Crippen LogP contribution in [0.4, 0.5) is 22.0 Å². The summed E-state index contributed by atoms with van der Waals surface area (Å²) >= 11 is 0. The van der Waals surface area contributed by atoms with Crippen molar-refractivity contribution in [3.63, 3.8) is 0 Å². The zero-order valence-corrected chi connectivity index (χ0v) is 10.7. The van der Waals surface area contributed by atoms with E-state index >= 15 is 0 Å². The van der Waals surface area contributed by atoms with Gasteiger partial charge < -0.3 is 14.2 Å². The van der Waals surface area contributed by atoms with E-state index in [2.05, 4.69) is 14.2 Å². The fourth-order valence-electron chi connectivity index (χ4n) is 1.49. The summed E-state index contributed by atoms with van der Waals surface area (Å²) < 4.78 is 73.7. The van der Waals surface area contributed by atoms with Crippen LogP contribution in [0.5, 0.6) is 11.5 Å². The first-order valence-corrected chi connectivity index (χ1v) is 5.71. The van der Waals surface area contributed by atoms with Crippen molar-refractivity contribution >= 4 is 5.97 Å². The second-order valence-corrected chi connectivity index (χ2v) is 3.65. The Kier molecular flexibility index (Phi) is 5.74. The van der Waals surface area contributed by atoms with Crippen molar-refractivity contribution in [1.29, 1.82) is 0 Å². The van der Waals surface area contributed by atoms with E-state index < -0.39 is 36.9 Å². The van der Waals surface area contributed by atoms with Gasteiger partial charge in [-0.25, -0.2) is 0 Å². The van der Waals surface area contributed by atoms with Crippen LogP contribution >= 0.6 is 0 Å². The van der Waals surface area contributed by atoms with Gasteiger partial charge in [-0.3, -0.25) is 4.79 Å². The van der Waals surface area contributed by atoms with Crippen molar-refractivity contribution in [2.45, 2.75) is 26.3 Å². The summed E-state index contributed by atoms with van der Waals surface area (Å²) in [6.07, 6.45) is -5.69. The van der Waals surface area contributed by atoms with Crippen LogP contribution in [-0.4, -0.2) is 25.6 Å². The number of para-hydroxylation sites is 1. The van der Waals surface area contributed by atoms with Gasteiger partial charge in [0.25, 0.3) is 0 Å². The van der Waals surface area contributed by atoms with Gasteiger partial charge in [-0.2, -0.15) is 8.78 Å². The molecule has 0 N–H and O–H groups in total. The third-order valence-electron chi connectivity index (χ3n) is 2.13. The number of carbonyl (C=O) groups is 1. The molecule has 1 aromatic carbocycles. The van der Waals surface area contributed by atoms with Gasteiger partial charge in [0, 0.05) is 5.56 Å². The summed E-state index contributed by atoms with van der Waals surface area (Å²) in [7, 11) is 0. The van der Waals surface area contributed by atoms with Crippen LogP contribution in [0.1, 0.15) is 12.5 Å². The predicted molar refractivity (Wildman–Crippen MR) is 60.1 cm³/mol. The maximum Gasteiger partial charge on any atom is 0.573 e. The molecule has 0 aromatic heterocycles. The van der Waals surface area contributed by atoms with Gasteiger partial charge in [0.05, 0.1) is 13.0 Å². The first-order chi connectivity index (χ1) is 9.73. The number of alkyl halides is 5. The topological polar surface area (TPSA) is 44.8 Å². The molecule has 0 saturated heterocycles. The van der Waals surface area contributed by atoms with Crippen molar-refractivity contribution < 1.29 is 41.0 Å². The Hall–Kier alpha value is -2.06. The molecule has 0 fully saturated rings. The average Bonchev–Trinajstić information content (AvgIpc) is 2.31. The monoisotopic (exact) mass is 314 g/mol. The second-order valence-electron chi connectivity index (χ2n) is 3.65. The maximum absolute atomic E-state index is 12.3. The first-order valence-electron chi connectivity index (χ1n) is 5.71. The molecule has 4 nitrogen and oxygen atoms in total. The number of ether oxygens (including phenoxy) is 3. The number of halogens is 5. The van der Waals surface area contributed by atoms with Crippen molar-refractivity contribution in [2.24, 2.45) is 0 Å².